The number of anilines is 1. The predicted molar refractivity (Wildman–Crippen MR) is 74.3 cm³/mol. The second-order valence-electron chi connectivity index (χ2n) is 4.63. The van der Waals surface area contributed by atoms with Crippen LogP contribution in [-0.2, 0) is 4.79 Å². The van der Waals surface area contributed by atoms with Crippen LogP contribution in [0, 0.1) is 11.8 Å². The van der Waals surface area contributed by atoms with E-state index in [1.165, 1.54) is 0 Å². The Morgan fingerprint density at radius 3 is 2.88 bits per heavy atom. The number of carbonyl (C=O) groups excluding carboxylic acids is 1. The van der Waals surface area contributed by atoms with Crippen molar-refractivity contribution in [3.63, 3.8) is 0 Å². The van der Waals surface area contributed by atoms with Crippen LogP contribution in [0.1, 0.15) is 26.2 Å². The van der Waals surface area contributed by atoms with Crippen molar-refractivity contribution in [3.8, 4) is 0 Å². The van der Waals surface area contributed by atoms with Crippen molar-refractivity contribution in [2.24, 2.45) is 11.8 Å². The van der Waals surface area contributed by atoms with Crippen molar-refractivity contribution < 1.29 is 4.79 Å². The summed E-state index contributed by atoms with van der Waals surface area (Å²) in [6, 6.07) is 5.40. The highest BCUT2D eigenvalue weighted by molar-refractivity contribution is 9.10. The molecule has 1 N–H and O–H groups in total. The van der Waals surface area contributed by atoms with Crippen molar-refractivity contribution >= 4 is 39.1 Å². The van der Waals surface area contributed by atoms with Crippen LogP contribution in [-0.4, -0.2) is 5.91 Å². The molecular formula is C13H15BrClNO. The topological polar surface area (TPSA) is 29.1 Å². The fourth-order valence-corrected chi connectivity index (χ4v) is 2.87. The van der Waals surface area contributed by atoms with E-state index < -0.39 is 0 Å². The lowest BCUT2D eigenvalue weighted by Crippen LogP contribution is -2.24. The Hall–Kier alpha value is -0.540. The predicted octanol–water partition coefficient (Wildman–Crippen LogP) is 4.48. The van der Waals surface area contributed by atoms with E-state index in [1.54, 1.807) is 12.1 Å². The molecule has 92 valence electrons. The Balaban J connectivity index is 2.10. The summed E-state index contributed by atoms with van der Waals surface area (Å²) in [7, 11) is 0. The minimum atomic E-state index is 0.109. The van der Waals surface area contributed by atoms with Crippen molar-refractivity contribution in [1.82, 2.24) is 0 Å². The Kier molecular flexibility index (Phi) is 4.10. The normalized spacial score (nSPS) is 23.7. The first-order valence-electron chi connectivity index (χ1n) is 5.84. The number of benzene rings is 1. The molecule has 1 fully saturated rings. The van der Waals surface area contributed by atoms with Gasteiger partial charge in [0, 0.05) is 15.4 Å². The molecule has 1 saturated carbocycles. The summed E-state index contributed by atoms with van der Waals surface area (Å²) in [5, 5.41) is 3.58. The van der Waals surface area contributed by atoms with Crippen LogP contribution >= 0.6 is 27.5 Å². The van der Waals surface area contributed by atoms with Crippen molar-refractivity contribution in [2.75, 3.05) is 5.32 Å². The molecule has 0 spiro atoms. The summed E-state index contributed by atoms with van der Waals surface area (Å²) in [4.78, 5) is 12.1. The second-order valence-corrected chi connectivity index (χ2v) is 5.92. The molecule has 0 bridgehead atoms. The van der Waals surface area contributed by atoms with E-state index in [9.17, 15) is 4.79 Å². The van der Waals surface area contributed by atoms with Crippen molar-refractivity contribution in [3.05, 3.63) is 27.7 Å². The van der Waals surface area contributed by atoms with E-state index in [0.29, 0.717) is 10.9 Å². The molecule has 17 heavy (non-hydrogen) atoms. The maximum atomic E-state index is 12.1. The molecule has 0 aromatic heterocycles. The van der Waals surface area contributed by atoms with Crippen LogP contribution in [0.5, 0.6) is 0 Å². The van der Waals surface area contributed by atoms with E-state index in [1.807, 2.05) is 6.07 Å². The van der Waals surface area contributed by atoms with Gasteiger partial charge in [-0.3, -0.25) is 4.79 Å². The summed E-state index contributed by atoms with van der Waals surface area (Å²) < 4.78 is 0.862. The Morgan fingerprint density at radius 1 is 1.47 bits per heavy atom. The van der Waals surface area contributed by atoms with E-state index in [-0.39, 0.29) is 11.8 Å². The lowest BCUT2D eigenvalue weighted by Gasteiger charge is -2.16. The molecule has 2 atom stereocenters. The van der Waals surface area contributed by atoms with Gasteiger partial charge in [0.2, 0.25) is 5.91 Å². The van der Waals surface area contributed by atoms with E-state index >= 15 is 0 Å². The third kappa shape index (κ3) is 3.02. The highest BCUT2D eigenvalue weighted by atomic mass is 79.9. The number of carbonyl (C=O) groups is 1. The molecular weight excluding hydrogens is 302 g/mol. The van der Waals surface area contributed by atoms with Crippen LogP contribution in [0.3, 0.4) is 0 Å². The third-order valence-corrected chi connectivity index (χ3v) is 4.31. The van der Waals surface area contributed by atoms with Gasteiger partial charge < -0.3 is 5.32 Å². The second kappa shape index (κ2) is 5.40. The molecule has 4 heteroatoms. The fourth-order valence-electron chi connectivity index (χ4n) is 2.35. The van der Waals surface area contributed by atoms with Gasteiger partial charge in [-0.1, -0.05) is 24.9 Å². The summed E-state index contributed by atoms with van der Waals surface area (Å²) in [5.41, 5.74) is 0.751. The number of nitrogens with one attached hydrogen (secondary N) is 1. The smallest absolute Gasteiger partial charge is 0.227 e. The number of halogens is 2. The minimum Gasteiger partial charge on any atom is -0.325 e. The average Bonchev–Trinajstić information content (AvgIpc) is 2.70. The first kappa shape index (κ1) is 12.9. The highest BCUT2D eigenvalue weighted by Gasteiger charge is 2.29. The van der Waals surface area contributed by atoms with E-state index in [0.717, 1.165) is 29.4 Å². The minimum absolute atomic E-state index is 0.109. The molecule has 1 aromatic carbocycles. The molecule has 1 aliphatic rings. The molecule has 0 radical (unpaired) electrons. The monoisotopic (exact) mass is 315 g/mol. The first-order chi connectivity index (χ1) is 8.08. The van der Waals surface area contributed by atoms with Crippen LogP contribution < -0.4 is 5.32 Å². The average molecular weight is 317 g/mol. The summed E-state index contributed by atoms with van der Waals surface area (Å²) in [5.74, 6) is 0.729. The van der Waals surface area contributed by atoms with Gasteiger partial charge in [-0.15, -0.1) is 0 Å². The highest BCUT2D eigenvalue weighted by Crippen LogP contribution is 2.33. The molecule has 2 nitrogen and oxygen atoms in total. The maximum Gasteiger partial charge on any atom is 0.227 e. The molecule has 0 heterocycles. The standard InChI is InChI=1S/C13H15BrClNO/c1-8-3-2-4-10(8)13(17)16-12-7-9(15)5-6-11(12)14/h5-8,10H,2-4H2,1H3,(H,16,17). The summed E-state index contributed by atoms with van der Waals surface area (Å²) in [6.07, 6.45) is 3.29. The van der Waals surface area contributed by atoms with Gasteiger partial charge in [-0.25, -0.2) is 0 Å². The lowest BCUT2D eigenvalue weighted by atomic mass is 9.97. The lowest BCUT2D eigenvalue weighted by molar-refractivity contribution is -0.120. The maximum absolute atomic E-state index is 12.1. The number of amides is 1. The third-order valence-electron chi connectivity index (χ3n) is 3.38. The van der Waals surface area contributed by atoms with Crippen LogP contribution in [0.25, 0.3) is 0 Å². The zero-order valence-corrected chi connectivity index (χ0v) is 12.0. The number of hydrogen-bond acceptors (Lipinski definition) is 1. The van der Waals surface area contributed by atoms with Crippen molar-refractivity contribution in [1.29, 1.82) is 0 Å². The zero-order valence-electron chi connectivity index (χ0n) is 9.67. The fraction of sp³-hybridized carbons (Fsp3) is 0.462. The van der Waals surface area contributed by atoms with E-state index in [4.69, 9.17) is 11.6 Å². The van der Waals surface area contributed by atoms with Crippen LogP contribution in [0.4, 0.5) is 5.69 Å². The van der Waals surface area contributed by atoms with Crippen molar-refractivity contribution in [2.45, 2.75) is 26.2 Å². The molecule has 1 aromatic rings. The Morgan fingerprint density at radius 2 is 2.24 bits per heavy atom. The molecule has 1 amide bonds. The Bertz CT molecular complexity index is 435. The summed E-state index contributed by atoms with van der Waals surface area (Å²) >= 11 is 9.33. The number of rotatable bonds is 2. The molecule has 0 aliphatic heterocycles. The van der Waals surface area contributed by atoms with Gasteiger partial charge in [0.15, 0.2) is 0 Å². The SMILES string of the molecule is CC1CCCC1C(=O)Nc1cc(Cl)ccc1Br. The Labute approximate surface area is 115 Å². The van der Waals surface area contributed by atoms with Crippen LogP contribution in [0.2, 0.25) is 5.02 Å². The van der Waals surface area contributed by atoms with Gasteiger partial charge in [0.05, 0.1) is 5.69 Å². The molecule has 1 aliphatic carbocycles. The molecule has 2 unspecified atom stereocenters. The van der Waals surface area contributed by atoms with E-state index in [2.05, 4.69) is 28.2 Å². The van der Waals surface area contributed by atoms with Gasteiger partial charge in [0.25, 0.3) is 0 Å². The number of hydrogen-bond donors (Lipinski definition) is 1. The van der Waals surface area contributed by atoms with Gasteiger partial charge in [-0.05, 0) is 52.9 Å². The quantitative estimate of drug-likeness (QED) is 0.856. The van der Waals surface area contributed by atoms with Gasteiger partial charge in [0.1, 0.15) is 0 Å². The van der Waals surface area contributed by atoms with Gasteiger partial charge in [-0.2, -0.15) is 0 Å². The molecule has 2 rings (SSSR count). The van der Waals surface area contributed by atoms with Crippen LogP contribution in [0.15, 0.2) is 22.7 Å². The summed E-state index contributed by atoms with van der Waals surface area (Å²) in [6.45, 7) is 2.14. The zero-order chi connectivity index (χ0) is 12.4. The van der Waals surface area contributed by atoms with Gasteiger partial charge >= 0.3 is 0 Å². The molecule has 0 saturated heterocycles. The first-order valence-corrected chi connectivity index (χ1v) is 7.01. The largest absolute Gasteiger partial charge is 0.325 e.